The average molecular weight is 306 g/mol. The van der Waals surface area contributed by atoms with Gasteiger partial charge in [-0.3, -0.25) is 9.59 Å². The van der Waals surface area contributed by atoms with Crippen LogP contribution in [0.4, 0.5) is 0 Å². The second-order valence-corrected chi connectivity index (χ2v) is 6.15. The van der Waals surface area contributed by atoms with Crippen LogP contribution in [0.25, 0.3) is 0 Å². The Kier molecular flexibility index (Phi) is 7.60. The van der Waals surface area contributed by atoms with E-state index in [1.807, 2.05) is 39.1 Å². The van der Waals surface area contributed by atoms with Crippen molar-refractivity contribution in [2.45, 2.75) is 32.7 Å². The third-order valence-electron chi connectivity index (χ3n) is 3.35. The minimum Gasteiger partial charge on any atom is -0.351 e. The smallest absolute Gasteiger partial charge is 0.275 e. The molecule has 122 valence electrons. The molecule has 22 heavy (non-hydrogen) atoms. The minimum absolute atomic E-state index is 0.0297. The summed E-state index contributed by atoms with van der Waals surface area (Å²) in [6.07, 6.45) is 0. The van der Waals surface area contributed by atoms with Crippen LogP contribution in [0.3, 0.4) is 0 Å². The van der Waals surface area contributed by atoms with Crippen LogP contribution in [0.5, 0.6) is 0 Å². The quantitative estimate of drug-likeness (QED) is 0.630. The molecule has 0 bridgehead atoms. The lowest BCUT2D eigenvalue weighted by molar-refractivity contribution is -0.862. The predicted octanol–water partition coefficient (Wildman–Crippen LogP) is -0.0544. The first kappa shape index (κ1) is 18.2. The standard InChI is InChI=1S/C17H27N3O2/c1-13(2)19-17(22)12-20(4)11-16(21)18-10-14(3)15-8-6-5-7-9-15/h5-9,13-14H,10-12H2,1-4H3,(H,18,21)(H,19,22)/p+1/t14-/m0/s1. The van der Waals surface area contributed by atoms with Gasteiger partial charge in [-0.1, -0.05) is 37.3 Å². The Balaban J connectivity index is 2.29. The van der Waals surface area contributed by atoms with Gasteiger partial charge in [0.05, 0.1) is 7.05 Å². The maximum Gasteiger partial charge on any atom is 0.275 e. The van der Waals surface area contributed by atoms with Gasteiger partial charge in [0.2, 0.25) is 0 Å². The molecular formula is C17H28N3O2+. The first-order valence-electron chi connectivity index (χ1n) is 7.80. The summed E-state index contributed by atoms with van der Waals surface area (Å²) in [5.41, 5.74) is 1.21. The van der Waals surface area contributed by atoms with Gasteiger partial charge in [0, 0.05) is 12.6 Å². The van der Waals surface area contributed by atoms with Gasteiger partial charge in [-0.05, 0) is 25.3 Å². The topological polar surface area (TPSA) is 62.6 Å². The number of carbonyl (C=O) groups excluding carboxylic acids is 2. The van der Waals surface area contributed by atoms with Gasteiger partial charge >= 0.3 is 0 Å². The largest absolute Gasteiger partial charge is 0.351 e. The lowest BCUT2D eigenvalue weighted by Crippen LogP contribution is -3.11. The van der Waals surface area contributed by atoms with Gasteiger partial charge in [-0.2, -0.15) is 0 Å². The van der Waals surface area contributed by atoms with Crippen LogP contribution in [0.1, 0.15) is 32.3 Å². The van der Waals surface area contributed by atoms with E-state index in [9.17, 15) is 9.59 Å². The summed E-state index contributed by atoms with van der Waals surface area (Å²) in [5.74, 6) is 0.213. The highest BCUT2D eigenvalue weighted by Gasteiger charge is 2.15. The molecular weight excluding hydrogens is 278 g/mol. The molecule has 0 aromatic heterocycles. The number of quaternary nitrogens is 1. The van der Waals surface area contributed by atoms with Crippen LogP contribution in [0.2, 0.25) is 0 Å². The number of carbonyl (C=O) groups is 2. The fourth-order valence-electron chi connectivity index (χ4n) is 2.21. The predicted molar refractivity (Wildman–Crippen MR) is 87.8 cm³/mol. The molecule has 0 aliphatic heterocycles. The number of benzene rings is 1. The van der Waals surface area contributed by atoms with Crippen molar-refractivity contribution in [1.29, 1.82) is 0 Å². The SMILES string of the molecule is CC(C)NC(=O)C[NH+](C)CC(=O)NC[C@H](C)c1ccccc1. The van der Waals surface area contributed by atoms with E-state index in [1.54, 1.807) is 0 Å². The van der Waals surface area contributed by atoms with Gasteiger partial charge in [0.25, 0.3) is 11.8 Å². The summed E-state index contributed by atoms with van der Waals surface area (Å²) in [7, 11) is 1.85. The number of amides is 2. The number of hydrogen-bond donors (Lipinski definition) is 3. The average Bonchev–Trinajstić information content (AvgIpc) is 2.44. The van der Waals surface area contributed by atoms with Gasteiger partial charge in [-0.25, -0.2) is 0 Å². The monoisotopic (exact) mass is 306 g/mol. The lowest BCUT2D eigenvalue weighted by atomic mass is 10.0. The van der Waals surface area contributed by atoms with Crippen molar-refractivity contribution in [2.24, 2.45) is 0 Å². The maximum atomic E-state index is 11.9. The molecule has 3 N–H and O–H groups in total. The fraction of sp³-hybridized carbons (Fsp3) is 0.529. The van der Waals surface area contributed by atoms with Crippen LogP contribution in [0.15, 0.2) is 30.3 Å². The highest BCUT2D eigenvalue weighted by atomic mass is 16.2. The zero-order chi connectivity index (χ0) is 16.5. The summed E-state index contributed by atoms with van der Waals surface area (Å²) >= 11 is 0. The van der Waals surface area contributed by atoms with Gasteiger partial charge in [-0.15, -0.1) is 0 Å². The molecule has 1 aromatic rings. The van der Waals surface area contributed by atoms with E-state index >= 15 is 0 Å². The summed E-state index contributed by atoms with van der Waals surface area (Å²) in [6, 6.07) is 10.2. The Morgan fingerprint density at radius 1 is 1.05 bits per heavy atom. The van der Waals surface area contributed by atoms with E-state index in [0.717, 1.165) is 4.90 Å². The molecule has 5 heteroatoms. The molecule has 0 saturated carbocycles. The molecule has 1 aromatic carbocycles. The van der Waals surface area contributed by atoms with Crippen molar-refractivity contribution < 1.29 is 14.5 Å². The molecule has 0 aliphatic rings. The molecule has 0 fully saturated rings. The van der Waals surface area contributed by atoms with Crippen molar-refractivity contribution in [3.05, 3.63) is 35.9 Å². The van der Waals surface area contributed by atoms with Gasteiger partial charge in [0.1, 0.15) is 0 Å². The van der Waals surface area contributed by atoms with Crippen LogP contribution < -0.4 is 15.5 Å². The third kappa shape index (κ3) is 7.22. The van der Waals surface area contributed by atoms with E-state index in [0.29, 0.717) is 19.6 Å². The van der Waals surface area contributed by atoms with E-state index in [1.165, 1.54) is 5.56 Å². The number of hydrogen-bond acceptors (Lipinski definition) is 2. The molecule has 0 heterocycles. The maximum absolute atomic E-state index is 11.9. The second kappa shape index (κ2) is 9.20. The van der Waals surface area contributed by atoms with E-state index in [4.69, 9.17) is 0 Å². The third-order valence-corrected chi connectivity index (χ3v) is 3.35. The van der Waals surface area contributed by atoms with Crippen LogP contribution >= 0.6 is 0 Å². The summed E-state index contributed by atoms with van der Waals surface area (Å²) in [5, 5.41) is 5.76. The van der Waals surface area contributed by atoms with Crippen molar-refractivity contribution in [2.75, 3.05) is 26.7 Å². The molecule has 0 saturated heterocycles. The van der Waals surface area contributed by atoms with E-state index in [-0.39, 0.29) is 23.8 Å². The van der Waals surface area contributed by atoms with Gasteiger partial charge < -0.3 is 15.5 Å². The molecule has 5 nitrogen and oxygen atoms in total. The van der Waals surface area contributed by atoms with Gasteiger partial charge in [0.15, 0.2) is 13.1 Å². The van der Waals surface area contributed by atoms with Crippen molar-refractivity contribution in [3.63, 3.8) is 0 Å². The Hall–Kier alpha value is -1.88. The van der Waals surface area contributed by atoms with Crippen LogP contribution in [0, 0.1) is 0 Å². The Labute approximate surface area is 133 Å². The Bertz CT molecular complexity index is 474. The molecule has 0 radical (unpaired) electrons. The first-order valence-corrected chi connectivity index (χ1v) is 7.80. The van der Waals surface area contributed by atoms with E-state index in [2.05, 4.69) is 29.7 Å². The Morgan fingerprint density at radius 3 is 2.23 bits per heavy atom. The van der Waals surface area contributed by atoms with Crippen LogP contribution in [-0.4, -0.2) is 44.5 Å². The molecule has 0 spiro atoms. The van der Waals surface area contributed by atoms with Crippen LogP contribution in [-0.2, 0) is 9.59 Å². The molecule has 0 aliphatic carbocycles. The minimum atomic E-state index is -0.0300. The lowest BCUT2D eigenvalue weighted by Gasteiger charge is -2.16. The molecule has 2 atom stereocenters. The van der Waals surface area contributed by atoms with Crippen molar-refractivity contribution in [3.8, 4) is 0 Å². The summed E-state index contributed by atoms with van der Waals surface area (Å²) in [6.45, 7) is 7.14. The zero-order valence-corrected chi connectivity index (χ0v) is 14.0. The normalized spacial score (nSPS) is 13.5. The fourth-order valence-corrected chi connectivity index (χ4v) is 2.21. The van der Waals surface area contributed by atoms with E-state index < -0.39 is 0 Å². The summed E-state index contributed by atoms with van der Waals surface area (Å²) < 4.78 is 0. The number of nitrogens with one attached hydrogen (secondary N) is 3. The zero-order valence-electron chi connectivity index (χ0n) is 14.0. The second-order valence-electron chi connectivity index (χ2n) is 6.15. The Morgan fingerprint density at radius 2 is 1.64 bits per heavy atom. The number of rotatable bonds is 8. The highest BCUT2D eigenvalue weighted by Crippen LogP contribution is 2.12. The molecule has 1 unspecified atom stereocenters. The van der Waals surface area contributed by atoms with Crippen molar-refractivity contribution >= 4 is 11.8 Å². The molecule has 1 rings (SSSR count). The highest BCUT2D eigenvalue weighted by molar-refractivity contribution is 5.79. The van der Waals surface area contributed by atoms with Crippen molar-refractivity contribution in [1.82, 2.24) is 10.6 Å². The molecule has 2 amide bonds. The first-order chi connectivity index (χ1) is 10.4. The summed E-state index contributed by atoms with van der Waals surface area (Å²) in [4.78, 5) is 24.4. The number of likely N-dealkylation sites (N-methyl/N-ethyl adjacent to an activating group) is 1.